The Labute approximate surface area is 274 Å². The van der Waals surface area contributed by atoms with Gasteiger partial charge in [0.05, 0.1) is 13.0 Å². The zero-order valence-corrected chi connectivity index (χ0v) is 29.2. The first-order valence-corrected chi connectivity index (χ1v) is 16.9. The summed E-state index contributed by atoms with van der Waals surface area (Å²) in [7, 11) is 3.00. The number of amides is 3. The van der Waals surface area contributed by atoms with Crippen LogP contribution in [0.4, 0.5) is 4.79 Å². The smallest absolute Gasteiger partial charge is 0.410 e. The number of aromatic nitrogens is 4. The van der Waals surface area contributed by atoms with Gasteiger partial charge in [0, 0.05) is 34.9 Å². The molecule has 0 radical (unpaired) electrons. The van der Waals surface area contributed by atoms with Crippen molar-refractivity contribution in [3.05, 3.63) is 33.2 Å². The number of carbonyl (C=O) groups is 4. The lowest BCUT2D eigenvalue weighted by atomic mass is 9.97. The van der Waals surface area contributed by atoms with Crippen LogP contribution in [0, 0.1) is 0 Å². The molecule has 0 spiro atoms. The van der Waals surface area contributed by atoms with Gasteiger partial charge in [-0.1, -0.05) is 11.8 Å². The van der Waals surface area contributed by atoms with E-state index in [2.05, 4.69) is 25.9 Å². The number of esters is 1. The van der Waals surface area contributed by atoms with Crippen molar-refractivity contribution in [3.63, 3.8) is 0 Å². The van der Waals surface area contributed by atoms with Crippen LogP contribution in [0.1, 0.15) is 58.2 Å². The molecule has 4 rings (SSSR count). The summed E-state index contributed by atoms with van der Waals surface area (Å²) in [6.07, 6.45) is -0.448. The fourth-order valence-corrected chi connectivity index (χ4v) is 8.21. The molecule has 0 bridgehead atoms. The van der Waals surface area contributed by atoms with Crippen LogP contribution < -0.4 is 5.32 Å². The number of ether oxygens (including phenoxy) is 3. The quantitative estimate of drug-likeness (QED) is 0.163. The van der Waals surface area contributed by atoms with Gasteiger partial charge in [-0.2, -0.15) is 0 Å². The molecule has 17 heteroatoms. The third-order valence-corrected chi connectivity index (χ3v) is 10.00. The van der Waals surface area contributed by atoms with E-state index in [9.17, 15) is 19.2 Å². The second-order valence-corrected chi connectivity index (χ2v) is 16.2. The lowest BCUT2D eigenvalue weighted by Gasteiger charge is -2.56. The third-order valence-electron chi connectivity index (χ3n) is 6.56. The minimum Gasteiger partial charge on any atom is -0.455 e. The van der Waals surface area contributed by atoms with E-state index in [4.69, 9.17) is 14.2 Å². The Bertz CT molecular complexity index is 1470. The Balaban J connectivity index is 1.48. The molecule has 0 aromatic carbocycles. The molecule has 246 valence electrons. The van der Waals surface area contributed by atoms with Crippen molar-refractivity contribution in [2.45, 2.75) is 94.1 Å². The summed E-state index contributed by atoms with van der Waals surface area (Å²) in [5, 5.41) is 16.1. The molecular formula is C28H39N7O7S3. The topological polar surface area (TPSA) is 169 Å². The Morgan fingerprint density at radius 3 is 2.44 bits per heavy atom. The number of hydrogen-bond donors (Lipinski definition) is 2. The third kappa shape index (κ3) is 7.99. The maximum absolute atomic E-state index is 13.8. The number of tetrazole rings is 1. The zero-order valence-electron chi connectivity index (χ0n) is 26.7. The van der Waals surface area contributed by atoms with Gasteiger partial charge < -0.3 is 24.4 Å². The second-order valence-electron chi connectivity index (χ2n) is 12.5. The largest absolute Gasteiger partial charge is 0.455 e. The molecule has 0 aliphatic carbocycles. The Kier molecular flexibility index (Phi) is 10.3. The SMILES string of the molecule is CO[C@@]1(NC(=O)Cc2ccc(CN(C)C(=O)OC(C)(C)C)s2)C(=O)N2C(C(=O)OC(C)(C)C)=C(C(C)Sc3nnn[nH]3)CS[C@H]21. The van der Waals surface area contributed by atoms with Crippen LogP contribution in [0.25, 0.3) is 0 Å². The fourth-order valence-electron chi connectivity index (χ4n) is 4.62. The number of H-pyrrole nitrogens is 1. The van der Waals surface area contributed by atoms with Crippen molar-refractivity contribution >= 4 is 58.7 Å². The number of hydrogen-bond acceptors (Lipinski definition) is 13. The summed E-state index contributed by atoms with van der Waals surface area (Å²) in [6.45, 7) is 12.9. The number of rotatable bonds is 10. The molecule has 1 unspecified atom stereocenters. The molecule has 14 nitrogen and oxygen atoms in total. The van der Waals surface area contributed by atoms with Gasteiger partial charge >= 0.3 is 12.1 Å². The lowest BCUT2D eigenvalue weighted by molar-refractivity contribution is -0.193. The van der Waals surface area contributed by atoms with E-state index in [1.807, 2.05) is 19.1 Å². The summed E-state index contributed by atoms with van der Waals surface area (Å²) in [6, 6.07) is 3.66. The van der Waals surface area contributed by atoms with Crippen LogP contribution >= 0.6 is 34.9 Å². The Hall–Kier alpha value is -3.15. The fraction of sp³-hybridized carbons (Fsp3) is 0.607. The van der Waals surface area contributed by atoms with Gasteiger partial charge in [-0.05, 0) is 76.6 Å². The van der Waals surface area contributed by atoms with Gasteiger partial charge in [0.15, 0.2) is 0 Å². The molecule has 0 saturated carbocycles. The zero-order chi connectivity index (χ0) is 33.3. The van der Waals surface area contributed by atoms with Gasteiger partial charge in [-0.3, -0.25) is 14.5 Å². The van der Waals surface area contributed by atoms with Crippen molar-refractivity contribution in [3.8, 4) is 0 Å². The molecule has 2 aromatic rings. The number of nitrogens with zero attached hydrogens (tertiary/aromatic N) is 5. The Morgan fingerprint density at radius 2 is 1.84 bits per heavy atom. The summed E-state index contributed by atoms with van der Waals surface area (Å²) in [4.78, 5) is 57.4. The molecule has 1 saturated heterocycles. The van der Waals surface area contributed by atoms with Crippen molar-refractivity contribution < 1.29 is 33.4 Å². The molecule has 45 heavy (non-hydrogen) atoms. The van der Waals surface area contributed by atoms with Crippen molar-refractivity contribution in [2.24, 2.45) is 0 Å². The summed E-state index contributed by atoms with van der Waals surface area (Å²) in [5.41, 5.74) is -2.27. The minimum absolute atomic E-state index is 0.00446. The molecule has 3 amide bonds. The number of aromatic amines is 1. The first kappa shape index (κ1) is 34.7. The van der Waals surface area contributed by atoms with Gasteiger partial charge in [-0.25, -0.2) is 14.7 Å². The predicted molar refractivity (Wildman–Crippen MR) is 169 cm³/mol. The van der Waals surface area contributed by atoms with E-state index in [0.717, 1.165) is 9.75 Å². The first-order chi connectivity index (χ1) is 20.9. The number of β-lactam (4-membered cyclic amide) rings is 1. The van der Waals surface area contributed by atoms with Crippen molar-refractivity contribution in [2.75, 3.05) is 19.9 Å². The van der Waals surface area contributed by atoms with E-state index < -0.39 is 46.2 Å². The minimum atomic E-state index is -1.66. The van der Waals surface area contributed by atoms with E-state index in [0.29, 0.717) is 23.0 Å². The highest BCUT2D eigenvalue weighted by Gasteiger charge is 2.67. The normalized spacial score (nSPS) is 20.7. The molecule has 4 heterocycles. The van der Waals surface area contributed by atoms with E-state index in [-0.39, 0.29) is 17.4 Å². The standard InChI is InChI=1S/C28H39N7O7S3/c1-15(44-24-30-32-33-31-24)18-14-43-23-28(40-9,22(38)35(23)20(18)21(37)41-26(2,3)4)29-19(36)12-16-10-11-17(45-16)13-34(8)25(39)42-27(5,6)7/h10-11,15,23H,12-14H2,1-9H3,(H,29,36)(H,30,31,32,33)/t15?,23-,28-/m0/s1. The predicted octanol–water partition coefficient (Wildman–Crippen LogP) is 3.32. The van der Waals surface area contributed by atoms with Gasteiger partial charge in [0.1, 0.15) is 22.3 Å². The van der Waals surface area contributed by atoms with Crippen LogP contribution in [0.2, 0.25) is 0 Å². The number of nitrogens with one attached hydrogen (secondary N) is 2. The number of thiophene rings is 1. The molecule has 2 aliphatic rings. The van der Waals surface area contributed by atoms with Crippen molar-refractivity contribution in [1.82, 2.24) is 35.7 Å². The maximum Gasteiger partial charge on any atom is 0.410 e. The van der Waals surface area contributed by atoms with Gasteiger partial charge in [0.2, 0.25) is 11.1 Å². The highest BCUT2D eigenvalue weighted by molar-refractivity contribution is 8.01. The van der Waals surface area contributed by atoms with Crippen LogP contribution in [0.15, 0.2) is 28.6 Å². The van der Waals surface area contributed by atoms with E-state index in [1.165, 1.54) is 51.8 Å². The van der Waals surface area contributed by atoms with Crippen molar-refractivity contribution in [1.29, 1.82) is 0 Å². The van der Waals surface area contributed by atoms with Crippen LogP contribution in [0.5, 0.6) is 0 Å². The lowest BCUT2D eigenvalue weighted by Crippen LogP contribution is -2.81. The number of carbonyl (C=O) groups excluding carboxylic acids is 4. The van der Waals surface area contributed by atoms with Crippen LogP contribution in [-0.2, 0) is 41.6 Å². The molecule has 2 N–H and O–H groups in total. The highest BCUT2D eigenvalue weighted by atomic mass is 32.2. The van der Waals surface area contributed by atoms with Gasteiger partial charge in [-0.15, -0.1) is 28.2 Å². The highest BCUT2D eigenvalue weighted by Crippen LogP contribution is 2.49. The molecule has 2 aliphatic heterocycles. The average molecular weight is 682 g/mol. The number of methoxy groups -OCH3 is 1. The van der Waals surface area contributed by atoms with Crippen LogP contribution in [0.3, 0.4) is 0 Å². The molecule has 1 fully saturated rings. The van der Waals surface area contributed by atoms with Gasteiger partial charge in [0.25, 0.3) is 11.6 Å². The summed E-state index contributed by atoms with van der Waals surface area (Å²) in [5.74, 6) is -1.26. The molecule has 3 atom stereocenters. The monoisotopic (exact) mass is 681 g/mol. The van der Waals surface area contributed by atoms with Crippen LogP contribution in [-0.4, -0.2) is 102 Å². The number of fused-ring (bicyclic) bond motifs is 1. The van der Waals surface area contributed by atoms with E-state index in [1.54, 1.807) is 48.6 Å². The summed E-state index contributed by atoms with van der Waals surface area (Å²) >= 11 is 4.08. The molecule has 2 aromatic heterocycles. The molecular weight excluding hydrogens is 643 g/mol. The first-order valence-electron chi connectivity index (χ1n) is 14.1. The average Bonchev–Trinajstić information content (AvgIpc) is 3.60. The second kappa shape index (κ2) is 13.3. The summed E-state index contributed by atoms with van der Waals surface area (Å²) < 4.78 is 16.8. The number of thioether (sulfide) groups is 2. The Morgan fingerprint density at radius 1 is 1.18 bits per heavy atom. The van der Waals surface area contributed by atoms with E-state index >= 15 is 0 Å². The maximum atomic E-state index is 13.8.